The van der Waals surface area contributed by atoms with Gasteiger partial charge in [0, 0.05) is 17.0 Å². The molecule has 0 aromatic heterocycles. The van der Waals surface area contributed by atoms with Crippen molar-refractivity contribution in [2.45, 2.75) is 32.4 Å². The normalized spacial score (nSPS) is 16.7. The molecule has 136 valence electrons. The van der Waals surface area contributed by atoms with Gasteiger partial charge in [0.15, 0.2) is 5.78 Å². The van der Waals surface area contributed by atoms with E-state index < -0.39 is 0 Å². The topological polar surface area (TPSA) is 52.9 Å². The first kappa shape index (κ1) is 19.0. The lowest BCUT2D eigenvalue weighted by Gasteiger charge is -2.29. The summed E-state index contributed by atoms with van der Waals surface area (Å²) in [6.07, 6.45) is 0. The number of rotatable bonds is 5. The zero-order chi connectivity index (χ0) is 19.4. The lowest BCUT2D eigenvalue weighted by atomic mass is 9.81. The Morgan fingerprint density at radius 1 is 1.11 bits per heavy atom. The van der Waals surface area contributed by atoms with Crippen molar-refractivity contribution in [3.05, 3.63) is 93.2 Å². The van der Waals surface area contributed by atoms with Crippen LogP contribution in [0.1, 0.15) is 36.5 Å². The average molecular weight is 375 g/mol. The Bertz CT molecular complexity index is 967. The van der Waals surface area contributed by atoms with Gasteiger partial charge in [-0.2, -0.15) is 5.26 Å². The number of hydrogen-bond acceptors (Lipinski definition) is 4. The maximum absolute atomic E-state index is 12.3. The number of nitriles is 1. The Kier molecular flexibility index (Phi) is 5.83. The molecule has 1 atom stereocenters. The molecule has 0 fully saturated rings. The number of thioether (sulfide) groups is 1. The van der Waals surface area contributed by atoms with Gasteiger partial charge in [-0.3, -0.25) is 4.79 Å². The Hall–Kier alpha value is -2.77. The zero-order valence-corrected chi connectivity index (χ0v) is 16.6. The highest BCUT2D eigenvalue weighted by atomic mass is 32.2. The van der Waals surface area contributed by atoms with E-state index in [-0.39, 0.29) is 11.7 Å². The smallest absolute Gasteiger partial charge is 0.158 e. The molecule has 1 aliphatic rings. The molecule has 3 rings (SSSR count). The molecule has 0 aliphatic carbocycles. The van der Waals surface area contributed by atoms with Crippen LogP contribution in [-0.4, -0.2) is 5.78 Å². The van der Waals surface area contributed by atoms with Crippen molar-refractivity contribution in [2.24, 2.45) is 0 Å². The van der Waals surface area contributed by atoms with Gasteiger partial charge >= 0.3 is 0 Å². The highest BCUT2D eigenvalue weighted by Crippen LogP contribution is 2.41. The van der Waals surface area contributed by atoms with Crippen LogP contribution in [0.4, 0.5) is 0 Å². The van der Waals surface area contributed by atoms with Gasteiger partial charge in [-0.1, -0.05) is 54.6 Å². The largest absolute Gasteiger partial charge is 0.353 e. The summed E-state index contributed by atoms with van der Waals surface area (Å²) in [5.41, 5.74) is 5.53. The summed E-state index contributed by atoms with van der Waals surface area (Å²) in [5.74, 6) is 0.434. The van der Waals surface area contributed by atoms with E-state index in [1.54, 1.807) is 18.7 Å². The molecule has 0 amide bonds. The van der Waals surface area contributed by atoms with Gasteiger partial charge in [0.1, 0.15) is 0 Å². The van der Waals surface area contributed by atoms with Crippen LogP contribution in [0.25, 0.3) is 0 Å². The van der Waals surface area contributed by atoms with E-state index in [2.05, 4.69) is 30.4 Å². The zero-order valence-electron chi connectivity index (χ0n) is 15.7. The quantitative estimate of drug-likeness (QED) is 0.780. The maximum atomic E-state index is 12.3. The van der Waals surface area contributed by atoms with Gasteiger partial charge in [-0.15, -0.1) is 11.8 Å². The highest BCUT2D eigenvalue weighted by molar-refractivity contribution is 8.02. The van der Waals surface area contributed by atoms with E-state index >= 15 is 0 Å². The number of dihydropyridines is 1. The minimum absolute atomic E-state index is 0.00967. The summed E-state index contributed by atoms with van der Waals surface area (Å²) in [5, 5.41) is 14.1. The standard InChI is InChI=1S/C23H22N2OS/c1-15-9-7-8-12-19(15)14-27-23-20(13-24)22(18-10-5-4-6-11-18)21(17(3)26)16(2)25-23/h4-12,22,25H,14H2,1-3H3. The lowest BCUT2D eigenvalue weighted by Crippen LogP contribution is -2.27. The molecule has 27 heavy (non-hydrogen) atoms. The van der Waals surface area contributed by atoms with E-state index in [1.165, 1.54) is 11.1 Å². The van der Waals surface area contributed by atoms with Crippen LogP contribution in [0.5, 0.6) is 0 Å². The Morgan fingerprint density at radius 2 is 1.78 bits per heavy atom. The molecule has 4 heteroatoms. The van der Waals surface area contributed by atoms with E-state index in [0.29, 0.717) is 11.1 Å². The van der Waals surface area contributed by atoms with Crippen molar-refractivity contribution in [1.29, 1.82) is 5.26 Å². The minimum Gasteiger partial charge on any atom is -0.353 e. The number of allylic oxidation sites excluding steroid dienone is 3. The summed E-state index contributed by atoms with van der Waals surface area (Å²) in [7, 11) is 0. The molecular weight excluding hydrogens is 352 g/mol. The SMILES string of the molecule is CC(=O)C1=C(C)NC(SCc2ccccc2C)=C(C#N)C1c1ccccc1. The highest BCUT2D eigenvalue weighted by Gasteiger charge is 2.32. The summed E-state index contributed by atoms with van der Waals surface area (Å²) in [6, 6.07) is 20.4. The Morgan fingerprint density at radius 3 is 2.41 bits per heavy atom. The van der Waals surface area contributed by atoms with E-state index in [1.807, 2.05) is 49.4 Å². The summed E-state index contributed by atoms with van der Waals surface area (Å²) in [6.45, 7) is 5.57. The number of nitrogens with zero attached hydrogens (tertiary/aromatic N) is 1. The van der Waals surface area contributed by atoms with Crippen LogP contribution in [-0.2, 0) is 10.5 Å². The monoisotopic (exact) mass is 374 g/mol. The molecule has 0 saturated carbocycles. The van der Waals surface area contributed by atoms with E-state index in [9.17, 15) is 10.1 Å². The van der Waals surface area contributed by atoms with Crippen molar-refractivity contribution in [1.82, 2.24) is 5.32 Å². The van der Waals surface area contributed by atoms with Gasteiger partial charge in [0.25, 0.3) is 0 Å². The fourth-order valence-corrected chi connectivity index (χ4v) is 4.56. The van der Waals surface area contributed by atoms with Gasteiger partial charge in [-0.05, 0) is 37.5 Å². The van der Waals surface area contributed by atoms with Crippen molar-refractivity contribution in [3.63, 3.8) is 0 Å². The summed E-state index contributed by atoms with van der Waals surface area (Å²) >= 11 is 1.61. The molecule has 2 aromatic rings. The molecular formula is C23H22N2OS. The second-order valence-corrected chi connectivity index (χ2v) is 7.62. The molecule has 1 unspecified atom stereocenters. The number of aryl methyl sites for hydroxylation is 1. The van der Waals surface area contributed by atoms with Crippen molar-refractivity contribution >= 4 is 17.5 Å². The first-order chi connectivity index (χ1) is 13.0. The number of nitrogens with one attached hydrogen (secondary N) is 1. The molecule has 1 heterocycles. The Balaban J connectivity index is 2.01. The molecule has 0 saturated heterocycles. The molecule has 1 aliphatic heterocycles. The second kappa shape index (κ2) is 8.28. The van der Waals surface area contributed by atoms with E-state index in [4.69, 9.17) is 0 Å². The molecule has 2 aromatic carbocycles. The predicted molar refractivity (Wildman–Crippen MR) is 111 cm³/mol. The molecule has 0 radical (unpaired) electrons. The van der Waals surface area contributed by atoms with Crippen LogP contribution < -0.4 is 5.32 Å². The first-order valence-corrected chi connectivity index (χ1v) is 9.86. The number of carbonyl (C=O) groups excluding carboxylic acids is 1. The number of ketones is 1. The molecule has 0 spiro atoms. The van der Waals surface area contributed by atoms with Crippen molar-refractivity contribution in [2.75, 3.05) is 0 Å². The summed E-state index contributed by atoms with van der Waals surface area (Å²) in [4.78, 5) is 12.3. The Labute approximate surface area is 164 Å². The van der Waals surface area contributed by atoms with Crippen molar-refractivity contribution < 1.29 is 4.79 Å². The lowest BCUT2D eigenvalue weighted by molar-refractivity contribution is -0.113. The molecule has 0 bridgehead atoms. The predicted octanol–water partition coefficient (Wildman–Crippen LogP) is 5.21. The molecule has 3 nitrogen and oxygen atoms in total. The van der Waals surface area contributed by atoms with Gasteiger partial charge < -0.3 is 5.32 Å². The molecule has 1 N–H and O–H groups in total. The van der Waals surface area contributed by atoms with Gasteiger partial charge in [-0.25, -0.2) is 0 Å². The minimum atomic E-state index is -0.325. The average Bonchev–Trinajstić information content (AvgIpc) is 2.67. The maximum Gasteiger partial charge on any atom is 0.158 e. The van der Waals surface area contributed by atoms with Gasteiger partial charge in [0.05, 0.1) is 22.6 Å². The third-order valence-corrected chi connectivity index (χ3v) is 5.86. The third-order valence-electron chi connectivity index (χ3n) is 4.79. The fourth-order valence-electron chi connectivity index (χ4n) is 3.39. The van der Waals surface area contributed by atoms with Crippen LogP contribution in [0, 0.1) is 18.3 Å². The van der Waals surface area contributed by atoms with Crippen molar-refractivity contribution in [3.8, 4) is 6.07 Å². The summed E-state index contributed by atoms with van der Waals surface area (Å²) < 4.78 is 0. The van der Waals surface area contributed by atoms with Crippen LogP contribution in [0.15, 0.2) is 76.5 Å². The first-order valence-electron chi connectivity index (χ1n) is 8.88. The van der Waals surface area contributed by atoms with Gasteiger partial charge in [0.2, 0.25) is 0 Å². The number of hydrogen-bond donors (Lipinski definition) is 1. The number of Topliss-reactive ketones (excluding diaryl/α,β-unsaturated/α-hetero) is 1. The van der Waals surface area contributed by atoms with Crippen LogP contribution in [0.2, 0.25) is 0 Å². The van der Waals surface area contributed by atoms with Crippen LogP contribution in [0.3, 0.4) is 0 Å². The number of carbonyl (C=O) groups is 1. The van der Waals surface area contributed by atoms with E-state index in [0.717, 1.165) is 22.0 Å². The fraction of sp³-hybridized carbons (Fsp3) is 0.217. The third kappa shape index (κ3) is 3.99. The number of benzene rings is 2. The van der Waals surface area contributed by atoms with Crippen LogP contribution >= 0.6 is 11.8 Å². The second-order valence-electron chi connectivity index (χ2n) is 6.63.